The summed E-state index contributed by atoms with van der Waals surface area (Å²) in [6.07, 6.45) is 1.43. The zero-order valence-corrected chi connectivity index (χ0v) is 15.6. The van der Waals surface area contributed by atoms with Gasteiger partial charge in [0.15, 0.2) is 11.5 Å². The van der Waals surface area contributed by atoms with Crippen LogP contribution in [0.15, 0.2) is 42.5 Å². The molecule has 0 aliphatic carbocycles. The van der Waals surface area contributed by atoms with E-state index in [4.69, 9.17) is 14.2 Å². The number of ether oxygens (including phenoxy) is 3. The van der Waals surface area contributed by atoms with E-state index in [9.17, 15) is 9.59 Å². The lowest BCUT2D eigenvalue weighted by atomic mass is 10.0. The first kappa shape index (κ1) is 18.2. The molecule has 0 atom stereocenters. The number of fused-ring (bicyclic) bond motifs is 1. The van der Waals surface area contributed by atoms with Gasteiger partial charge in [-0.3, -0.25) is 9.59 Å². The van der Waals surface area contributed by atoms with Gasteiger partial charge in [-0.25, -0.2) is 0 Å². The number of benzene rings is 2. The maximum absolute atomic E-state index is 12.7. The molecule has 4 rings (SSSR count). The Morgan fingerprint density at radius 2 is 1.82 bits per heavy atom. The molecule has 146 valence electrons. The topological polar surface area (TPSA) is 77.1 Å². The number of piperidine rings is 1. The zero-order chi connectivity index (χ0) is 19.5. The smallest absolute Gasteiger partial charge is 0.253 e. The van der Waals surface area contributed by atoms with E-state index in [0.717, 1.165) is 0 Å². The molecular weight excluding hydrogens is 360 g/mol. The molecule has 28 heavy (non-hydrogen) atoms. The monoisotopic (exact) mass is 382 g/mol. The number of amides is 2. The average Bonchev–Trinajstić information content (AvgIpc) is 3.21. The number of nitrogens with one attached hydrogen (secondary N) is 1. The molecule has 0 aromatic heterocycles. The first-order chi connectivity index (χ1) is 13.6. The van der Waals surface area contributed by atoms with Gasteiger partial charge in [0, 0.05) is 30.3 Å². The number of likely N-dealkylation sites (tertiary alicyclic amines) is 1. The molecule has 7 heteroatoms. The van der Waals surface area contributed by atoms with Gasteiger partial charge in [0.1, 0.15) is 5.75 Å². The molecule has 2 aromatic rings. The lowest BCUT2D eigenvalue weighted by Gasteiger charge is -2.32. The Balaban J connectivity index is 1.32. The van der Waals surface area contributed by atoms with Crippen molar-refractivity contribution in [2.24, 2.45) is 0 Å². The van der Waals surface area contributed by atoms with Crippen LogP contribution in [0.2, 0.25) is 0 Å². The fourth-order valence-corrected chi connectivity index (χ4v) is 3.47. The van der Waals surface area contributed by atoms with Crippen LogP contribution in [0.1, 0.15) is 33.6 Å². The second-order valence-corrected chi connectivity index (χ2v) is 6.84. The van der Waals surface area contributed by atoms with Crippen molar-refractivity contribution in [2.75, 3.05) is 27.0 Å². The number of carbonyl (C=O) groups is 2. The largest absolute Gasteiger partial charge is 0.497 e. The fourth-order valence-electron chi connectivity index (χ4n) is 3.47. The Morgan fingerprint density at radius 1 is 1.04 bits per heavy atom. The SMILES string of the molecule is COc1cccc(C(=O)N2CCC(NC(=O)c3ccc4c(c3)OCO4)CC2)c1. The van der Waals surface area contributed by atoms with Crippen LogP contribution in [0.25, 0.3) is 0 Å². The van der Waals surface area contributed by atoms with E-state index in [-0.39, 0.29) is 24.6 Å². The Morgan fingerprint density at radius 3 is 2.61 bits per heavy atom. The van der Waals surface area contributed by atoms with E-state index < -0.39 is 0 Å². The first-order valence-electron chi connectivity index (χ1n) is 9.28. The van der Waals surface area contributed by atoms with Crippen molar-refractivity contribution in [3.05, 3.63) is 53.6 Å². The summed E-state index contributed by atoms with van der Waals surface area (Å²) in [7, 11) is 1.58. The van der Waals surface area contributed by atoms with Gasteiger partial charge in [-0.2, -0.15) is 0 Å². The highest BCUT2D eigenvalue weighted by Gasteiger charge is 2.25. The maximum Gasteiger partial charge on any atom is 0.253 e. The van der Waals surface area contributed by atoms with Gasteiger partial charge in [-0.05, 0) is 49.2 Å². The highest BCUT2D eigenvalue weighted by molar-refractivity contribution is 5.95. The Labute approximate surface area is 163 Å². The molecule has 2 aliphatic heterocycles. The number of hydrogen-bond acceptors (Lipinski definition) is 5. The summed E-state index contributed by atoms with van der Waals surface area (Å²) in [5, 5.41) is 3.05. The molecule has 1 N–H and O–H groups in total. The quantitative estimate of drug-likeness (QED) is 0.879. The molecule has 0 saturated carbocycles. The number of carbonyl (C=O) groups excluding carboxylic acids is 2. The molecule has 1 saturated heterocycles. The van der Waals surface area contributed by atoms with Gasteiger partial charge in [-0.1, -0.05) is 6.07 Å². The van der Waals surface area contributed by atoms with Crippen molar-refractivity contribution >= 4 is 11.8 Å². The predicted octanol–water partition coefficient (Wildman–Crippen LogP) is 2.46. The van der Waals surface area contributed by atoms with Crippen molar-refractivity contribution < 1.29 is 23.8 Å². The minimum Gasteiger partial charge on any atom is -0.497 e. The van der Waals surface area contributed by atoms with Crippen LogP contribution < -0.4 is 19.5 Å². The molecule has 7 nitrogen and oxygen atoms in total. The van der Waals surface area contributed by atoms with Crippen molar-refractivity contribution in [2.45, 2.75) is 18.9 Å². The summed E-state index contributed by atoms with van der Waals surface area (Å²) in [6, 6.07) is 12.4. The lowest BCUT2D eigenvalue weighted by molar-refractivity contribution is 0.0697. The predicted molar refractivity (Wildman–Crippen MR) is 102 cm³/mol. The van der Waals surface area contributed by atoms with Gasteiger partial charge in [-0.15, -0.1) is 0 Å². The third kappa shape index (κ3) is 3.74. The normalized spacial score (nSPS) is 16.0. The van der Waals surface area contributed by atoms with E-state index in [0.29, 0.717) is 54.3 Å². The van der Waals surface area contributed by atoms with Crippen LogP contribution in [0.5, 0.6) is 17.2 Å². The van der Waals surface area contributed by atoms with E-state index in [1.54, 1.807) is 37.4 Å². The van der Waals surface area contributed by atoms with Gasteiger partial charge in [0.2, 0.25) is 6.79 Å². The zero-order valence-electron chi connectivity index (χ0n) is 15.6. The summed E-state index contributed by atoms with van der Waals surface area (Å²) in [4.78, 5) is 27.0. The van der Waals surface area contributed by atoms with E-state index in [1.807, 2.05) is 17.0 Å². The molecule has 2 aromatic carbocycles. The summed E-state index contributed by atoms with van der Waals surface area (Å²) in [5.74, 6) is 1.75. The number of methoxy groups -OCH3 is 1. The van der Waals surface area contributed by atoms with Gasteiger partial charge < -0.3 is 24.4 Å². The second kappa shape index (κ2) is 7.80. The van der Waals surface area contributed by atoms with Crippen LogP contribution in [-0.2, 0) is 0 Å². The van der Waals surface area contributed by atoms with Crippen molar-refractivity contribution in [1.82, 2.24) is 10.2 Å². The van der Waals surface area contributed by atoms with Gasteiger partial charge in [0.05, 0.1) is 7.11 Å². The van der Waals surface area contributed by atoms with Crippen LogP contribution in [0.3, 0.4) is 0 Å². The first-order valence-corrected chi connectivity index (χ1v) is 9.28. The van der Waals surface area contributed by atoms with Crippen LogP contribution in [0.4, 0.5) is 0 Å². The molecule has 0 bridgehead atoms. The Hall–Kier alpha value is -3.22. The molecule has 1 fully saturated rings. The fraction of sp³-hybridized carbons (Fsp3) is 0.333. The molecule has 0 radical (unpaired) electrons. The third-order valence-electron chi connectivity index (χ3n) is 5.07. The average molecular weight is 382 g/mol. The lowest BCUT2D eigenvalue weighted by Crippen LogP contribution is -2.46. The molecule has 2 heterocycles. The summed E-state index contributed by atoms with van der Waals surface area (Å²) >= 11 is 0. The van der Waals surface area contributed by atoms with Gasteiger partial charge in [0.25, 0.3) is 11.8 Å². The Kier molecular flexibility index (Phi) is 5.06. The second-order valence-electron chi connectivity index (χ2n) is 6.84. The Bertz CT molecular complexity index is 890. The number of rotatable bonds is 4. The molecule has 0 unspecified atom stereocenters. The minimum atomic E-state index is -0.143. The summed E-state index contributed by atoms with van der Waals surface area (Å²) < 4.78 is 15.8. The van der Waals surface area contributed by atoms with Crippen LogP contribution in [0, 0.1) is 0 Å². The van der Waals surface area contributed by atoms with E-state index in [1.165, 1.54) is 0 Å². The van der Waals surface area contributed by atoms with Crippen molar-refractivity contribution in [3.63, 3.8) is 0 Å². The van der Waals surface area contributed by atoms with E-state index >= 15 is 0 Å². The molecular formula is C21H22N2O5. The van der Waals surface area contributed by atoms with Crippen molar-refractivity contribution in [1.29, 1.82) is 0 Å². The van der Waals surface area contributed by atoms with Gasteiger partial charge >= 0.3 is 0 Å². The van der Waals surface area contributed by atoms with E-state index in [2.05, 4.69) is 5.32 Å². The summed E-state index contributed by atoms with van der Waals surface area (Å²) in [6.45, 7) is 1.38. The number of nitrogens with zero attached hydrogens (tertiary/aromatic N) is 1. The minimum absolute atomic E-state index is 0.0144. The number of hydrogen-bond donors (Lipinski definition) is 1. The van der Waals surface area contributed by atoms with Crippen LogP contribution in [-0.4, -0.2) is 49.7 Å². The van der Waals surface area contributed by atoms with Crippen LogP contribution >= 0.6 is 0 Å². The standard InChI is InChI=1S/C21H22N2O5/c1-26-17-4-2-3-15(11-17)21(25)23-9-7-16(8-10-23)22-20(24)14-5-6-18-19(12-14)28-13-27-18/h2-6,11-12,16H,7-10,13H2,1H3,(H,22,24). The molecule has 0 spiro atoms. The molecule has 2 aliphatic rings. The highest BCUT2D eigenvalue weighted by Crippen LogP contribution is 2.32. The maximum atomic E-state index is 12.7. The molecule has 2 amide bonds. The summed E-state index contributed by atoms with van der Waals surface area (Å²) in [5.41, 5.74) is 1.15. The highest BCUT2D eigenvalue weighted by atomic mass is 16.7. The van der Waals surface area contributed by atoms with Crippen molar-refractivity contribution in [3.8, 4) is 17.2 Å². The third-order valence-corrected chi connectivity index (χ3v) is 5.07.